The first-order valence-electron chi connectivity index (χ1n) is 19.6. The Balaban J connectivity index is 1.33. The highest BCUT2D eigenvalue weighted by atomic mass is 19.4. The number of rotatable bonds is 4. The van der Waals surface area contributed by atoms with Crippen LogP contribution in [-0.2, 0) is 6.18 Å². The molecular weight excluding hydrogens is 737 g/mol. The first-order valence-corrected chi connectivity index (χ1v) is 19.6. The van der Waals surface area contributed by atoms with Gasteiger partial charge in [-0.15, -0.1) is 0 Å². The highest BCUT2D eigenvalue weighted by molar-refractivity contribution is 6.29. The van der Waals surface area contributed by atoms with Gasteiger partial charge < -0.3 is 0 Å². The summed E-state index contributed by atoms with van der Waals surface area (Å²) in [6, 6.07) is 63.3. The molecule has 0 radical (unpaired) electrons. The Bertz CT molecular complexity index is 3470. The summed E-state index contributed by atoms with van der Waals surface area (Å²) in [5.41, 5.74) is 6.90. The molecule has 0 aliphatic heterocycles. The summed E-state index contributed by atoms with van der Waals surface area (Å²) < 4.78 is 55.4. The van der Waals surface area contributed by atoms with Crippen LogP contribution >= 0.6 is 0 Å². The first kappa shape index (κ1) is 34.9. The monoisotopic (exact) mass is 768 g/mol. The molecule has 0 fully saturated rings. The van der Waals surface area contributed by atoms with E-state index < -0.39 is 11.7 Å². The average Bonchev–Trinajstić information content (AvgIpc) is 3.27. The lowest BCUT2D eigenvalue weighted by Crippen LogP contribution is -2.03. The zero-order valence-electron chi connectivity index (χ0n) is 31.5. The number of fused-ring (bicyclic) bond motifs is 8. The minimum atomic E-state index is -4.44. The molecule has 0 aliphatic rings. The molecule has 0 atom stereocenters. The van der Waals surface area contributed by atoms with Crippen LogP contribution in [0.2, 0.25) is 0 Å². The Labute approximate surface area is 337 Å². The second-order valence-corrected chi connectivity index (χ2v) is 15.2. The summed E-state index contributed by atoms with van der Waals surface area (Å²) in [5.74, 6) is -0.293. The fourth-order valence-electron chi connectivity index (χ4n) is 9.18. The van der Waals surface area contributed by atoms with Gasteiger partial charge in [-0.2, -0.15) is 13.2 Å². The zero-order chi connectivity index (χ0) is 39.8. The maximum absolute atomic E-state index is 14.2. The molecule has 0 saturated heterocycles. The van der Waals surface area contributed by atoms with Crippen molar-refractivity contribution in [1.82, 2.24) is 0 Å². The molecule has 59 heavy (non-hydrogen) atoms. The second kappa shape index (κ2) is 13.4. The molecule has 11 rings (SSSR count). The summed E-state index contributed by atoms with van der Waals surface area (Å²) >= 11 is 0. The third kappa shape index (κ3) is 5.74. The van der Waals surface area contributed by atoms with Crippen molar-refractivity contribution in [1.29, 1.82) is 0 Å². The molecule has 11 aromatic carbocycles. The van der Waals surface area contributed by atoms with Gasteiger partial charge in [0.2, 0.25) is 0 Å². The summed E-state index contributed by atoms with van der Waals surface area (Å²) in [7, 11) is 0. The number of hydrogen-bond donors (Lipinski definition) is 0. The molecule has 0 N–H and O–H groups in total. The van der Waals surface area contributed by atoms with Gasteiger partial charge in [-0.3, -0.25) is 0 Å². The standard InChI is InChI=1S/C55H32F4/c56-40-25-19-34(20-26-40)36-22-28-48-52(30-36)54(50-32-38-10-2-4-12-42(38)44-14-6-8-16-46(44)50)47-27-21-35(33-17-23-39(24-18-33)55(57,58)59)29-51(47)53(48)49-31-37-9-1-3-11-41(37)43-13-5-7-15-45(43)49/h1-32H. The molecule has 0 aromatic heterocycles. The van der Waals surface area contributed by atoms with Crippen molar-refractivity contribution < 1.29 is 17.6 Å². The molecule has 0 nitrogen and oxygen atoms in total. The maximum Gasteiger partial charge on any atom is 0.416 e. The topological polar surface area (TPSA) is 0 Å². The molecule has 11 aromatic rings. The lowest BCUT2D eigenvalue weighted by Gasteiger charge is -2.22. The van der Waals surface area contributed by atoms with E-state index >= 15 is 0 Å². The van der Waals surface area contributed by atoms with E-state index in [0.29, 0.717) is 5.56 Å². The Hall–Kier alpha value is -7.30. The van der Waals surface area contributed by atoms with E-state index in [0.717, 1.165) is 116 Å². The highest BCUT2D eigenvalue weighted by Crippen LogP contribution is 2.50. The Morgan fingerprint density at radius 1 is 0.288 bits per heavy atom. The molecule has 0 saturated carbocycles. The van der Waals surface area contributed by atoms with Crippen LogP contribution in [0, 0.1) is 5.82 Å². The van der Waals surface area contributed by atoms with E-state index in [4.69, 9.17) is 0 Å². The van der Waals surface area contributed by atoms with Gasteiger partial charge in [0.05, 0.1) is 5.56 Å². The molecule has 280 valence electrons. The van der Waals surface area contributed by atoms with E-state index in [2.05, 4.69) is 140 Å². The molecule has 0 aliphatic carbocycles. The first-order chi connectivity index (χ1) is 28.8. The molecule has 0 amide bonds. The van der Waals surface area contributed by atoms with Crippen molar-refractivity contribution in [3.05, 3.63) is 206 Å². The fraction of sp³-hybridized carbons (Fsp3) is 0.0182. The number of hydrogen-bond acceptors (Lipinski definition) is 0. The maximum atomic E-state index is 14.2. The summed E-state index contributed by atoms with van der Waals surface area (Å²) in [6.45, 7) is 0. The lowest BCUT2D eigenvalue weighted by molar-refractivity contribution is -0.137. The Morgan fingerprint density at radius 3 is 1.10 bits per heavy atom. The smallest absolute Gasteiger partial charge is 0.207 e. The van der Waals surface area contributed by atoms with Crippen molar-refractivity contribution >= 4 is 64.6 Å². The SMILES string of the molecule is Fc1ccc(-c2ccc3c(-c4cc5ccccc5c5ccccc45)c4cc(-c5ccc(C(F)(F)F)cc5)ccc4c(-c4cc5ccccc5c5ccccc45)c3c2)cc1. The van der Waals surface area contributed by atoms with E-state index in [1.54, 1.807) is 12.1 Å². The van der Waals surface area contributed by atoms with Gasteiger partial charge in [-0.05, 0) is 158 Å². The molecule has 4 heteroatoms. The van der Waals surface area contributed by atoms with Gasteiger partial charge in [0.1, 0.15) is 5.82 Å². The Kier molecular flexibility index (Phi) is 7.92. The minimum Gasteiger partial charge on any atom is -0.207 e. The van der Waals surface area contributed by atoms with E-state index in [9.17, 15) is 17.6 Å². The Morgan fingerprint density at radius 2 is 0.661 bits per heavy atom. The van der Waals surface area contributed by atoms with Crippen LogP contribution in [0.1, 0.15) is 5.56 Å². The zero-order valence-corrected chi connectivity index (χ0v) is 31.5. The minimum absolute atomic E-state index is 0.293. The number of benzene rings is 11. The van der Waals surface area contributed by atoms with Crippen molar-refractivity contribution in [2.45, 2.75) is 6.18 Å². The third-order valence-corrected chi connectivity index (χ3v) is 11.9. The quantitative estimate of drug-likeness (QED) is 0.0950. The van der Waals surface area contributed by atoms with Crippen LogP contribution in [0.5, 0.6) is 0 Å². The summed E-state index contributed by atoms with van der Waals surface area (Å²) in [6.07, 6.45) is -4.44. The van der Waals surface area contributed by atoms with Gasteiger partial charge >= 0.3 is 6.18 Å². The van der Waals surface area contributed by atoms with Crippen molar-refractivity contribution in [3.8, 4) is 44.5 Å². The molecule has 0 bridgehead atoms. The number of halogens is 4. The largest absolute Gasteiger partial charge is 0.416 e. The van der Waals surface area contributed by atoms with Crippen LogP contribution in [0.15, 0.2) is 194 Å². The van der Waals surface area contributed by atoms with E-state index in [1.165, 1.54) is 12.1 Å². The van der Waals surface area contributed by atoms with Gasteiger partial charge in [-0.1, -0.05) is 146 Å². The van der Waals surface area contributed by atoms with E-state index in [1.807, 2.05) is 18.2 Å². The van der Waals surface area contributed by atoms with Gasteiger partial charge in [0, 0.05) is 0 Å². The average molecular weight is 769 g/mol. The summed E-state index contributed by atoms with van der Waals surface area (Å²) in [5, 5.41) is 13.1. The molecular formula is C55H32F4. The predicted molar refractivity (Wildman–Crippen MR) is 238 cm³/mol. The van der Waals surface area contributed by atoms with Crippen LogP contribution in [0.3, 0.4) is 0 Å². The van der Waals surface area contributed by atoms with Crippen LogP contribution in [-0.4, -0.2) is 0 Å². The van der Waals surface area contributed by atoms with Crippen molar-refractivity contribution in [2.75, 3.05) is 0 Å². The lowest BCUT2D eigenvalue weighted by atomic mass is 9.81. The van der Waals surface area contributed by atoms with Crippen LogP contribution in [0.25, 0.3) is 109 Å². The third-order valence-electron chi connectivity index (χ3n) is 11.9. The van der Waals surface area contributed by atoms with Crippen molar-refractivity contribution in [2.24, 2.45) is 0 Å². The highest BCUT2D eigenvalue weighted by Gasteiger charge is 2.30. The van der Waals surface area contributed by atoms with Crippen LogP contribution in [0.4, 0.5) is 17.6 Å². The fourth-order valence-corrected chi connectivity index (χ4v) is 9.18. The normalized spacial score (nSPS) is 12.1. The van der Waals surface area contributed by atoms with Gasteiger partial charge in [0.25, 0.3) is 0 Å². The van der Waals surface area contributed by atoms with E-state index in [-0.39, 0.29) is 5.82 Å². The molecule has 0 spiro atoms. The second-order valence-electron chi connectivity index (χ2n) is 15.2. The van der Waals surface area contributed by atoms with Gasteiger partial charge in [-0.25, -0.2) is 4.39 Å². The molecule has 0 heterocycles. The van der Waals surface area contributed by atoms with Crippen molar-refractivity contribution in [3.63, 3.8) is 0 Å². The number of alkyl halides is 3. The summed E-state index contributed by atoms with van der Waals surface area (Å²) in [4.78, 5) is 0. The van der Waals surface area contributed by atoms with Gasteiger partial charge in [0.15, 0.2) is 0 Å². The van der Waals surface area contributed by atoms with Crippen LogP contribution < -0.4 is 0 Å². The predicted octanol–water partition coefficient (Wildman–Crippen LogP) is 16.4. The molecule has 0 unspecified atom stereocenters.